The van der Waals surface area contributed by atoms with Gasteiger partial charge in [0.15, 0.2) is 0 Å². The number of halogens is 1. The van der Waals surface area contributed by atoms with Crippen molar-refractivity contribution >= 4 is 39.1 Å². The monoisotopic (exact) mass is 527 g/mol. The van der Waals surface area contributed by atoms with Gasteiger partial charge in [0.05, 0.1) is 15.6 Å². The molecule has 36 heavy (non-hydrogen) atoms. The van der Waals surface area contributed by atoms with Crippen LogP contribution in [0, 0.1) is 0 Å². The van der Waals surface area contributed by atoms with Crippen molar-refractivity contribution in [2.75, 3.05) is 10.8 Å². The maximum Gasteiger partial charge on any atom is 0.264 e. The molecular formula is C27H30ClN3O4S. The molecule has 0 spiro atoms. The van der Waals surface area contributed by atoms with Crippen LogP contribution >= 0.6 is 11.6 Å². The van der Waals surface area contributed by atoms with Crippen molar-refractivity contribution in [2.24, 2.45) is 0 Å². The van der Waals surface area contributed by atoms with Crippen LogP contribution in [0.5, 0.6) is 0 Å². The van der Waals surface area contributed by atoms with Crippen LogP contribution in [0.1, 0.15) is 26.3 Å². The first-order valence-corrected chi connectivity index (χ1v) is 13.4. The fourth-order valence-electron chi connectivity index (χ4n) is 3.65. The number of sulfonamides is 1. The number of anilines is 1. The zero-order valence-electron chi connectivity index (χ0n) is 20.5. The Labute approximate surface area is 217 Å². The molecule has 0 saturated carbocycles. The van der Waals surface area contributed by atoms with E-state index in [0.717, 1.165) is 9.87 Å². The van der Waals surface area contributed by atoms with Gasteiger partial charge in [0.2, 0.25) is 11.8 Å². The molecule has 0 aliphatic heterocycles. The van der Waals surface area contributed by atoms with Crippen LogP contribution in [0.4, 0.5) is 5.69 Å². The maximum absolute atomic E-state index is 13.7. The predicted molar refractivity (Wildman–Crippen MR) is 142 cm³/mol. The van der Waals surface area contributed by atoms with Gasteiger partial charge in [0.1, 0.15) is 12.6 Å². The van der Waals surface area contributed by atoms with Crippen molar-refractivity contribution in [1.29, 1.82) is 0 Å². The summed E-state index contributed by atoms with van der Waals surface area (Å²) in [6, 6.07) is 22.6. The number of nitrogens with one attached hydrogen (secondary N) is 1. The van der Waals surface area contributed by atoms with E-state index in [2.05, 4.69) is 5.32 Å². The van der Waals surface area contributed by atoms with E-state index < -0.39 is 28.5 Å². The molecule has 3 aromatic rings. The summed E-state index contributed by atoms with van der Waals surface area (Å²) in [5, 5.41) is 3.01. The number of hydrogen-bond acceptors (Lipinski definition) is 4. The third-order valence-electron chi connectivity index (χ3n) is 5.53. The van der Waals surface area contributed by atoms with E-state index in [9.17, 15) is 18.0 Å². The van der Waals surface area contributed by atoms with Crippen LogP contribution in [0.15, 0.2) is 89.8 Å². The van der Waals surface area contributed by atoms with Crippen LogP contribution in [-0.2, 0) is 26.2 Å². The largest absolute Gasteiger partial charge is 0.352 e. The first-order valence-electron chi connectivity index (χ1n) is 11.6. The lowest BCUT2D eigenvalue weighted by Gasteiger charge is -2.32. The molecule has 0 saturated heterocycles. The molecule has 1 unspecified atom stereocenters. The van der Waals surface area contributed by atoms with Crippen LogP contribution < -0.4 is 9.62 Å². The predicted octanol–water partition coefficient (Wildman–Crippen LogP) is 4.48. The Kier molecular flexibility index (Phi) is 9.12. The second-order valence-corrected chi connectivity index (χ2v) is 10.9. The molecular weight excluding hydrogens is 498 g/mol. The molecule has 0 bridgehead atoms. The minimum absolute atomic E-state index is 0.0259. The minimum atomic E-state index is -4.14. The van der Waals surface area contributed by atoms with Gasteiger partial charge in [0.25, 0.3) is 10.0 Å². The smallest absolute Gasteiger partial charge is 0.264 e. The van der Waals surface area contributed by atoms with Gasteiger partial charge in [-0.25, -0.2) is 8.42 Å². The average Bonchev–Trinajstić information content (AvgIpc) is 2.86. The summed E-state index contributed by atoms with van der Waals surface area (Å²) in [6.45, 7) is 4.89. The summed E-state index contributed by atoms with van der Waals surface area (Å²) < 4.78 is 28.3. The highest BCUT2D eigenvalue weighted by atomic mass is 35.5. The number of nitrogens with zero attached hydrogens (tertiary/aromatic N) is 2. The molecule has 0 radical (unpaired) electrons. The summed E-state index contributed by atoms with van der Waals surface area (Å²) in [4.78, 5) is 28.0. The summed E-state index contributed by atoms with van der Waals surface area (Å²) in [6.07, 6.45) is 0. The molecule has 1 N–H and O–H groups in total. The lowest BCUT2D eigenvalue weighted by atomic mass is 10.1. The molecule has 3 rings (SSSR count). The maximum atomic E-state index is 13.7. The highest BCUT2D eigenvalue weighted by molar-refractivity contribution is 7.92. The molecule has 0 fully saturated rings. The number of rotatable bonds is 10. The molecule has 2 amide bonds. The van der Waals surface area contributed by atoms with Gasteiger partial charge in [-0.3, -0.25) is 13.9 Å². The molecule has 9 heteroatoms. The Morgan fingerprint density at radius 3 is 2.00 bits per heavy atom. The third-order valence-corrected chi connectivity index (χ3v) is 7.62. The summed E-state index contributed by atoms with van der Waals surface area (Å²) in [5.74, 6) is -0.867. The highest BCUT2D eigenvalue weighted by Crippen LogP contribution is 2.30. The van der Waals surface area contributed by atoms with Gasteiger partial charge in [-0.1, -0.05) is 72.3 Å². The van der Waals surface area contributed by atoms with Crippen molar-refractivity contribution < 1.29 is 18.0 Å². The van der Waals surface area contributed by atoms with Crippen molar-refractivity contribution in [2.45, 2.75) is 44.3 Å². The van der Waals surface area contributed by atoms with E-state index in [1.54, 1.807) is 49.4 Å². The average molecular weight is 528 g/mol. The lowest BCUT2D eigenvalue weighted by molar-refractivity contribution is -0.139. The minimum Gasteiger partial charge on any atom is -0.352 e. The summed E-state index contributed by atoms with van der Waals surface area (Å²) >= 11 is 6.38. The van der Waals surface area contributed by atoms with Gasteiger partial charge < -0.3 is 10.2 Å². The van der Waals surface area contributed by atoms with Gasteiger partial charge in [-0.05, 0) is 50.6 Å². The molecule has 0 aliphatic rings. The highest BCUT2D eigenvalue weighted by Gasteiger charge is 2.33. The Balaban J connectivity index is 2.02. The quantitative estimate of drug-likeness (QED) is 0.421. The van der Waals surface area contributed by atoms with Gasteiger partial charge >= 0.3 is 0 Å². The molecule has 0 aromatic heterocycles. The second-order valence-electron chi connectivity index (χ2n) is 8.62. The molecule has 190 valence electrons. The Morgan fingerprint density at radius 1 is 0.861 bits per heavy atom. The Bertz CT molecular complexity index is 1280. The van der Waals surface area contributed by atoms with E-state index in [0.29, 0.717) is 0 Å². The Hall–Kier alpha value is -3.36. The molecule has 0 aliphatic carbocycles. The van der Waals surface area contributed by atoms with Crippen molar-refractivity contribution in [3.05, 3.63) is 95.5 Å². The number of hydrogen-bond donors (Lipinski definition) is 1. The summed E-state index contributed by atoms with van der Waals surface area (Å²) in [5.41, 5.74) is 0.987. The zero-order chi connectivity index (χ0) is 26.3. The van der Waals surface area contributed by atoms with Gasteiger partial charge in [0, 0.05) is 12.6 Å². The Morgan fingerprint density at radius 2 is 1.42 bits per heavy atom. The number of benzene rings is 3. The molecule has 0 heterocycles. The first-order chi connectivity index (χ1) is 17.1. The number of para-hydroxylation sites is 1. The SMILES string of the molecule is CC(C)NC(=O)C(C)N(Cc1ccccc1)C(=O)CN(c1ccccc1Cl)S(=O)(=O)c1ccccc1. The van der Waals surface area contributed by atoms with E-state index in [4.69, 9.17) is 11.6 Å². The molecule has 1 atom stereocenters. The zero-order valence-corrected chi connectivity index (χ0v) is 22.0. The topological polar surface area (TPSA) is 86.8 Å². The van der Waals surface area contributed by atoms with E-state index >= 15 is 0 Å². The van der Waals surface area contributed by atoms with E-state index in [1.807, 2.05) is 44.2 Å². The second kappa shape index (κ2) is 12.1. The van der Waals surface area contributed by atoms with E-state index in [-0.39, 0.29) is 34.1 Å². The van der Waals surface area contributed by atoms with Crippen LogP contribution in [-0.4, -0.2) is 43.8 Å². The van der Waals surface area contributed by atoms with Crippen LogP contribution in [0.2, 0.25) is 5.02 Å². The lowest BCUT2D eigenvalue weighted by Crippen LogP contribution is -2.52. The fraction of sp³-hybridized carbons (Fsp3) is 0.259. The van der Waals surface area contributed by atoms with Crippen molar-refractivity contribution in [1.82, 2.24) is 10.2 Å². The van der Waals surface area contributed by atoms with Crippen molar-refractivity contribution in [3.8, 4) is 0 Å². The standard InChI is InChI=1S/C27H30ClN3O4S/c1-20(2)29-27(33)21(3)30(18-22-12-6-4-7-13-22)26(32)19-31(25-17-11-10-16-24(25)28)36(34,35)23-14-8-5-9-15-23/h4-17,20-21H,18-19H2,1-3H3,(H,29,33). The van der Waals surface area contributed by atoms with E-state index in [1.165, 1.54) is 17.0 Å². The normalized spacial score (nSPS) is 12.1. The van der Waals surface area contributed by atoms with Gasteiger partial charge in [-0.15, -0.1) is 0 Å². The van der Waals surface area contributed by atoms with Crippen LogP contribution in [0.25, 0.3) is 0 Å². The number of carbonyl (C=O) groups is 2. The molecule has 7 nitrogen and oxygen atoms in total. The van der Waals surface area contributed by atoms with Crippen molar-refractivity contribution in [3.63, 3.8) is 0 Å². The first kappa shape index (κ1) is 27.2. The van der Waals surface area contributed by atoms with Crippen LogP contribution in [0.3, 0.4) is 0 Å². The molecule has 3 aromatic carbocycles. The number of amides is 2. The summed E-state index contributed by atoms with van der Waals surface area (Å²) in [7, 11) is -4.14. The third kappa shape index (κ3) is 6.65. The van der Waals surface area contributed by atoms with Gasteiger partial charge in [-0.2, -0.15) is 0 Å². The number of carbonyl (C=O) groups excluding carboxylic acids is 2. The fourth-order valence-corrected chi connectivity index (χ4v) is 5.40.